The molecular weight excluding hydrogens is 278 g/mol. The van der Waals surface area contributed by atoms with Gasteiger partial charge in [0.25, 0.3) is 0 Å². The van der Waals surface area contributed by atoms with Gasteiger partial charge in [0.2, 0.25) is 5.91 Å². The van der Waals surface area contributed by atoms with Crippen LogP contribution in [0.25, 0.3) is 0 Å². The van der Waals surface area contributed by atoms with E-state index in [4.69, 9.17) is 9.84 Å². The first-order valence-electron chi connectivity index (χ1n) is 6.36. The summed E-state index contributed by atoms with van der Waals surface area (Å²) in [6.07, 6.45) is 0. The number of carboxylic acid groups (broad SMARTS) is 1. The third kappa shape index (κ3) is 5.97. The van der Waals surface area contributed by atoms with Gasteiger partial charge in [-0.15, -0.1) is 0 Å². The molecule has 0 spiro atoms. The van der Waals surface area contributed by atoms with Gasteiger partial charge in [0.15, 0.2) is 0 Å². The third-order valence-electron chi connectivity index (χ3n) is 2.47. The van der Waals surface area contributed by atoms with Gasteiger partial charge in [0, 0.05) is 11.4 Å². The minimum Gasteiger partial charge on any atom is -0.494 e. The Morgan fingerprint density at radius 1 is 1.35 bits per heavy atom. The summed E-state index contributed by atoms with van der Waals surface area (Å²) in [6.45, 7) is 4.13. The van der Waals surface area contributed by atoms with Crippen molar-refractivity contribution in [3.05, 3.63) is 24.3 Å². The largest absolute Gasteiger partial charge is 0.494 e. The van der Waals surface area contributed by atoms with E-state index in [1.165, 1.54) is 11.8 Å². The number of amides is 1. The topological polar surface area (TPSA) is 75.6 Å². The molecule has 0 aliphatic carbocycles. The molecule has 1 unspecified atom stereocenters. The zero-order chi connectivity index (χ0) is 15.0. The molecule has 0 aliphatic rings. The monoisotopic (exact) mass is 297 g/mol. The number of benzene rings is 1. The van der Waals surface area contributed by atoms with Crippen LogP contribution in [0.15, 0.2) is 24.3 Å². The molecular formula is C14H19NO4S. The Morgan fingerprint density at radius 3 is 2.55 bits per heavy atom. The van der Waals surface area contributed by atoms with Gasteiger partial charge in [-0.2, -0.15) is 11.8 Å². The van der Waals surface area contributed by atoms with Crippen LogP contribution in [0.3, 0.4) is 0 Å². The summed E-state index contributed by atoms with van der Waals surface area (Å²) in [5.74, 6) is -0.00811. The van der Waals surface area contributed by atoms with E-state index in [2.05, 4.69) is 5.32 Å². The summed E-state index contributed by atoms with van der Waals surface area (Å²) in [5, 5.41) is 11.5. The fourth-order valence-corrected chi connectivity index (χ4v) is 2.27. The van der Waals surface area contributed by atoms with E-state index < -0.39 is 11.9 Å². The van der Waals surface area contributed by atoms with Crippen molar-refractivity contribution < 1.29 is 19.4 Å². The maximum absolute atomic E-state index is 11.7. The Bertz CT molecular complexity index is 447. The van der Waals surface area contributed by atoms with Gasteiger partial charge >= 0.3 is 5.97 Å². The van der Waals surface area contributed by atoms with Crippen molar-refractivity contribution in [1.82, 2.24) is 0 Å². The quantitative estimate of drug-likeness (QED) is 0.771. The van der Waals surface area contributed by atoms with E-state index in [-0.39, 0.29) is 11.7 Å². The molecule has 1 atom stereocenters. The molecule has 2 N–H and O–H groups in total. The summed E-state index contributed by atoms with van der Waals surface area (Å²) in [6, 6.07) is 7.12. The van der Waals surface area contributed by atoms with Crippen molar-refractivity contribution in [3.8, 4) is 5.75 Å². The van der Waals surface area contributed by atoms with Gasteiger partial charge in [-0.05, 0) is 31.2 Å². The maximum Gasteiger partial charge on any atom is 0.307 e. The van der Waals surface area contributed by atoms with Gasteiger partial charge in [-0.1, -0.05) is 6.92 Å². The van der Waals surface area contributed by atoms with E-state index in [0.29, 0.717) is 18.0 Å². The number of carbonyl (C=O) groups excluding carboxylic acids is 1. The minimum absolute atomic E-state index is 0.142. The second-order valence-corrected chi connectivity index (χ2v) is 5.29. The van der Waals surface area contributed by atoms with Crippen LogP contribution >= 0.6 is 11.8 Å². The molecule has 0 aromatic heterocycles. The maximum atomic E-state index is 11.7. The van der Waals surface area contributed by atoms with Crippen molar-refractivity contribution >= 4 is 29.3 Å². The van der Waals surface area contributed by atoms with Gasteiger partial charge in [-0.3, -0.25) is 9.59 Å². The molecule has 1 aromatic rings. The average molecular weight is 297 g/mol. The lowest BCUT2D eigenvalue weighted by Gasteiger charge is -2.08. The number of aliphatic carboxylic acids is 1. The molecule has 1 aromatic carbocycles. The average Bonchev–Trinajstić information content (AvgIpc) is 2.41. The summed E-state index contributed by atoms with van der Waals surface area (Å²) in [5.41, 5.74) is 0.699. The highest BCUT2D eigenvalue weighted by Crippen LogP contribution is 2.16. The normalized spacial score (nSPS) is 11.7. The van der Waals surface area contributed by atoms with Crippen LogP contribution < -0.4 is 10.1 Å². The molecule has 0 aliphatic heterocycles. The number of anilines is 1. The Kier molecular flexibility index (Phi) is 6.93. The lowest BCUT2D eigenvalue weighted by atomic mass is 10.2. The summed E-state index contributed by atoms with van der Waals surface area (Å²) < 4.78 is 5.31. The lowest BCUT2D eigenvalue weighted by Crippen LogP contribution is -2.17. The molecule has 5 nitrogen and oxygen atoms in total. The van der Waals surface area contributed by atoms with Crippen molar-refractivity contribution in [2.45, 2.75) is 13.8 Å². The number of nitrogens with one attached hydrogen (secondary N) is 1. The fraction of sp³-hybridized carbons (Fsp3) is 0.429. The van der Waals surface area contributed by atoms with Crippen LogP contribution in [0, 0.1) is 5.92 Å². The predicted molar refractivity (Wildman–Crippen MR) is 80.4 cm³/mol. The van der Waals surface area contributed by atoms with E-state index in [0.717, 1.165) is 5.75 Å². The van der Waals surface area contributed by atoms with Crippen LogP contribution in [-0.2, 0) is 9.59 Å². The SMILES string of the molecule is CCOc1ccc(NC(=O)CSCC(C)C(=O)O)cc1. The zero-order valence-corrected chi connectivity index (χ0v) is 12.4. The first-order chi connectivity index (χ1) is 9.52. The molecule has 0 fully saturated rings. The van der Waals surface area contributed by atoms with E-state index in [9.17, 15) is 9.59 Å². The number of thioether (sulfide) groups is 1. The lowest BCUT2D eigenvalue weighted by molar-refractivity contribution is -0.140. The molecule has 0 saturated heterocycles. The van der Waals surface area contributed by atoms with Gasteiger partial charge < -0.3 is 15.2 Å². The Morgan fingerprint density at radius 2 is 2.00 bits per heavy atom. The van der Waals surface area contributed by atoms with Crippen LogP contribution in [0.1, 0.15) is 13.8 Å². The van der Waals surface area contributed by atoms with E-state index >= 15 is 0 Å². The molecule has 0 saturated carbocycles. The van der Waals surface area contributed by atoms with Crippen LogP contribution in [0.5, 0.6) is 5.75 Å². The summed E-state index contributed by atoms with van der Waals surface area (Å²) >= 11 is 1.31. The molecule has 6 heteroatoms. The van der Waals surface area contributed by atoms with Gasteiger partial charge in [0.05, 0.1) is 18.3 Å². The van der Waals surface area contributed by atoms with Gasteiger partial charge in [-0.25, -0.2) is 0 Å². The smallest absolute Gasteiger partial charge is 0.307 e. The molecule has 0 radical (unpaired) electrons. The number of ether oxygens (including phenoxy) is 1. The van der Waals surface area contributed by atoms with Crippen molar-refractivity contribution in [2.24, 2.45) is 5.92 Å². The fourth-order valence-electron chi connectivity index (χ4n) is 1.40. The first-order valence-corrected chi connectivity index (χ1v) is 7.51. The highest BCUT2D eigenvalue weighted by Gasteiger charge is 2.11. The number of carboxylic acids is 1. The van der Waals surface area contributed by atoms with Gasteiger partial charge in [0.1, 0.15) is 5.75 Å². The second kappa shape index (κ2) is 8.47. The highest BCUT2D eigenvalue weighted by atomic mass is 32.2. The van der Waals surface area contributed by atoms with Crippen LogP contribution in [0.2, 0.25) is 0 Å². The second-order valence-electron chi connectivity index (χ2n) is 4.26. The molecule has 0 heterocycles. The van der Waals surface area contributed by atoms with Crippen LogP contribution in [-0.4, -0.2) is 35.1 Å². The summed E-state index contributed by atoms with van der Waals surface area (Å²) in [7, 11) is 0. The zero-order valence-electron chi connectivity index (χ0n) is 11.6. The Hall–Kier alpha value is -1.69. The molecule has 110 valence electrons. The Balaban J connectivity index is 2.33. The molecule has 1 rings (SSSR count). The highest BCUT2D eigenvalue weighted by molar-refractivity contribution is 8.00. The summed E-state index contributed by atoms with van der Waals surface area (Å²) in [4.78, 5) is 22.3. The predicted octanol–water partition coefficient (Wildman–Crippen LogP) is 2.48. The number of carbonyl (C=O) groups is 2. The van der Waals surface area contributed by atoms with Crippen molar-refractivity contribution in [2.75, 3.05) is 23.4 Å². The third-order valence-corrected chi connectivity index (χ3v) is 3.67. The van der Waals surface area contributed by atoms with E-state index in [1.54, 1.807) is 31.2 Å². The van der Waals surface area contributed by atoms with Crippen molar-refractivity contribution in [3.63, 3.8) is 0 Å². The number of hydrogen-bond donors (Lipinski definition) is 2. The standard InChI is InChI=1S/C14H19NO4S/c1-3-19-12-6-4-11(5-7-12)15-13(16)9-20-8-10(2)14(17)18/h4-7,10H,3,8-9H2,1-2H3,(H,15,16)(H,17,18). The first kappa shape index (κ1) is 16.4. The Labute approximate surface area is 122 Å². The van der Waals surface area contributed by atoms with Crippen molar-refractivity contribution in [1.29, 1.82) is 0 Å². The molecule has 0 bridgehead atoms. The minimum atomic E-state index is -0.843. The number of hydrogen-bond acceptors (Lipinski definition) is 4. The van der Waals surface area contributed by atoms with E-state index in [1.807, 2.05) is 6.92 Å². The molecule has 1 amide bonds. The van der Waals surface area contributed by atoms with Crippen LogP contribution in [0.4, 0.5) is 5.69 Å². The number of rotatable bonds is 8. The molecule has 20 heavy (non-hydrogen) atoms.